The molecule has 0 amide bonds. The van der Waals surface area contributed by atoms with Gasteiger partial charge in [-0.15, -0.1) is 0 Å². The average Bonchev–Trinajstić information content (AvgIpc) is 2.52. The van der Waals surface area contributed by atoms with Crippen molar-refractivity contribution in [3.8, 4) is 5.75 Å². The molecule has 0 saturated carbocycles. The number of benzene rings is 1. The molecule has 0 fully saturated rings. The second-order valence-corrected chi connectivity index (χ2v) is 3.65. The molecule has 0 N–H and O–H groups in total. The van der Waals surface area contributed by atoms with Crippen molar-refractivity contribution in [3.05, 3.63) is 29.2 Å². The zero-order valence-corrected chi connectivity index (χ0v) is 9.37. The Labute approximate surface area is 92.4 Å². The van der Waals surface area contributed by atoms with E-state index in [2.05, 4.69) is 0 Å². The molecule has 1 heterocycles. The van der Waals surface area contributed by atoms with Crippen molar-refractivity contribution < 1.29 is 13.9 Å². The van der Waals surface area contributed by atoms with Gasteiger partial charge in [-0.25, -0.2) is 4.39 Å². The number of carbonyl (C=O) groups excluding carboxylic acids is 1. The van der Waals surface area contributed by atoms with Gasteiger partial charge in [-0.1, -0.05) is 0 Å². The van der Waals surface area contributed by atoms with Crippen LogP contribution in [-0.2, 0) is 7.05 Å². The third-order valence-electron chi connectivity index (χ3n) is 2.93. The van der Waals surface area contributed by atoms with Crippen LogP contribution in [0.1, 0.15) is 16.1 Å². The summed E-state index contributed by atoms with van der Waals surface area (Å²) in [6.45, 7) is 1.82. The van der Waals surface area contributed by atoms with E-state index >= 15 is 0 Å². The van der Waals surface area contributed by atoms with Gasteiger partial charge in [-0.2, -0.15) is 0 Å². The van der Waals surface area contributed by atoms with Crippen LogP contribution < -0.4 is 4.74 Å². The minimum atomic E-state index is -0.455. The fourth-order valence-corrected chi connectivity index (χ4v) is 1.97. The van der Waals surface area contributed by atoms with Crippen LogP contribution in [0.25, 0.3) is 10.9 Å². The van der Waals surface area contributed by atoms with Gasteiger partial charge in [0.2, 0.25) is 0 Å². The van der Waals surface area contributed by atoms with Gasteiger partial charge < -0.3 is 9.30 Å². The van der Waals surface area contributed by atoms with Crippen LogP contribution >= 0.6 is 0 Å². The van der Waals surface area contributed by atoms with Crippen molar-refractivity contribution in [1.82, 2.24) is 4.57 Å². The lowest BCUT2D eigenvalue weighted by atomic mass is 10.1. The number of rotatable bonds is 2. The molecule has 84 valence electrons. The highest BCUT2D eigenvalue weighted by Gasteiger charge is 2.18. The first-order chi connectivity index (χ1) is 7.61. The second-order valence-electron chi connectivity index (χ2n) is 3.65. The molecule has 0 bridgehead atoms. The van der Waals surface area contributed by atoms with E-state index in [1.165, 1.54) is 13.2 Å². The summed E-state index contributed by atoms with van der Waals surface area (Å²) in [5, 5.41) is 0.539. The van der Waals surface area contributed by atoms with E-state index in [-0.39, 0.29) is 5.75 Å². The van der Waals surface area contributed by atoms with Crippen LogP contribution in [0.4, 0.5) is 4.39 Å². The van der Waals surface area contributed by atoms with E-state index in [9.17, 15) is 9.18 Å². The van der Waals surface area contributed by atoms with Crippen LogP contribution in [0.15, 0.2) is 12.1 Å². The number of hydrogen-bond acceptors (Lipinski definition) is 2. The first kappa shape index (κ1) is 10.7. The van der Waals surface area contributed by atoms with Gasteiger partial charge in [-0.3, -0.25) is 4.79 Å². The molecule has 0 unspecified atom stereocenters. The van der Waals surface area contributed by atoms with Crippen molar-refractivity contribution in [2.24, 2.45) is 7.05 Å². The Hall–Kier alpha value is -1.84. The first-order valence-electron chi connectivity index (χ1n) is 4.88. The molecule has 2 rings (SSSR count). The molecule has 3 nitrogen and oxygen atoms in total. The highest BCUT2D eigenvalue weighted by atomic mass is 19.1. The van der Waals surface area contributed by atoms with Gasteiger partial charge in [0.1, 0.15) is 0 Å². The number of aryl methyl sites for hydroxylation is 1. The van der Waals surface area contributed by atoms with E-state index in [1.807, 2.05) is 18.5 Å². The van der Waals surface area contributed by atoms with Gasteiger partial charge in [0, 0.05) is 18.3 Å². The Bertz CT molecular complexity index is 572. The SMILES string of the molecule is COc1c(F)ccc2c1c(C=O)c(C)n2C. The van der Waals surface area contributed by atoms with Crippen LogP contribution in [-0.4, -0.2) is 18.0 Å². The number of fused-ring (bicyclic) bond motifs is 1. The molecule has 0 aliphatic carbocycles. The minimum Gasteiger partial charge on any atom is -0.493 e. The molecule has 1 aromatic carbocycles. The van der Waals surface area contributed by atoms with Gasteiger partial charge >= 0.3 is 0 Å². The maximum Gasteiger partial charge on any atom is 0.165 e. The number of aromatic nitrogens is 1. The van der Waals surface area contributed by atoms with Crippen LogP contribution in [0.2, 0.25) is 0 Å². The fraction of sp³-hybridized carbons (Fsp3) is 0.250. The van der Waals surface area contributed by atoms with E-state index in [4.69, 9.17) is 4.74 Å². The zero-order chi connectivity index (χ0) is 11.9. The Morgan fingerprint density at radius 1 is 1.44 bits per heavy atom. The molecule has 0 aliphatic rings. The largest absolute Gasteiger partial charge is 0.493 e. The van der Waals surface area contributed by atoms with Crippen LogP contribution in [0.3, 0.4) is 0 Å². The Morgan fingerprint density at radius 2 is 2.12 bits per heavy atom. The molecule has 0 spiro atoms. The number of nitrogens with zero attached hydrogens (tertiary/aromatic N) is 1. The third-order valence-corrected chi connectivity index (χ3v) is 2.93. The molecule has 16 heavy (non-hydrogen) atoms. The molecular weight excluding hydrogens is 209 g/mol. The zero-order valence-electron chi connectivity index (χ0n) is 9.37. The number of halogens is 1. The normalized spacial score (nSPS) is 10.8. The molecule has 0 radical (unpaired) electrons. The van der Waals surface area contributed by atoms with Crippen LogP contribution in [0, 0.1) is 12.7 Å². The number of hydrogen-bond donors (Lipinski definition) is 0. The van der Waals surface area contributed by atoms with Crippen molar-refractivity contribution in [2.75, 3.05) is 7.11 Å². The summed E-state index contributed by atoms with van der Waals surface area (Å²) >= 11 is 0. The molecule has 0 atom stereocenters. The highest BCUT2D eigenvalue weighted by Crippen LogP contribution is 2.33. The quantitative estimate of drug-likeness (QED) is 0.729. The fourth-order valence-electron chi connectivity index (χ4n) is 1.97. The van der Waals surface area contributed by atoms with Gasteiger partial charge in [0.15, 0.2) is 17.9 Å². The maximum absolute atomic E-state index is 13.5. The summed E-state index contributed by atoms with van der Waals surface area (Å²) in [5.74, 6) is -0.327. The molecular formula is C12H12FNO2. The first-order valence-corrected chi connectivity index (χ1v) is 4.88. The summed E-state index contributed by atoms with van der Waals surface area (Å²) in [6, 6.07) is 2.99. The lowest BCUT2D eigenvalue weighted by Gasteiger charge is -2.04. The summed E-state index contributed by atoms with van der Waals surface area (Å²) in [6.07, 6.45) is 0.736. The summed E-state index contributed by atoms with van der Waals surface area (Å²) < 4.78 is 20.4. The average molecular weight is 221 g/mol. The highest BCUT2D eigenvalue weighted by molar-refractivity contribution is 6.02. The lowest BCUT2D eigenvalue weighted by molar-refractivity contribution is 0.112. The Balaban J connectivity index is 3.01. The van der Waals surface area contributed by atoms with E-state index in [0.717, 1.165) is 17.5 Å². The molecule has 0 aliphatic heterocycles. The monoisotopic (exact) mass is 221 g/mol. The molecule has 4 heteroatoms. The topological polar surface area (TPSA) is 31.2 Å². The van der Waals surface area contributed by atoms with E-state index in [0.29, 0.717) is 10.9 Å². The van der Waals surface area contributed by atoms with Gasteiger partial charge in [0.25, 0.3) is 0 Å². The number of aldehydes is 1. The van der Waals surface area contributed by atoms with Crippen molar-refractivity contribution >= 4 is 17.2 Å². The summed E-state index contributed by atoms with van der Waals surface area (Å²) in [5.41, 5.74) is 2.07. The maximum atomic E-state index is 13.5. The number of carbonyl (C=O) groups is 1. The Kier molecular flexibility index (Phi) is 2.42. The van der Waals surface area contributed by atoms with Gasteiger partial charge in [0.05, 0.1) is 18.0 Å². The second kappa shape index (κ2) is 3.63. The van der Waals surface area contributed by atoms with Crippen molar-refractivity contribution in [1.29, 1.82) is 0 Å². The minimum absolute atomic E-state index is 0.128. The standard InChI is InChI=1S/C12H12FNO2/c1-7-8(6-15)11-10(14(7)2)5-4-9(13)12(11)16-3/h4-6H,1-3H3. The molecule has 0 saturated heterocycles. The predicted molar refractivity (Wildman–Crippen MR) is 59.6 cm³/mol. The number of ether oxygens (including phenoxy) is 1. The van der Waals surface area contributed by atoms with Gasteiger partial charge in [-0.05, 0) is 19.1 Å². The lowest BCUT2D eigenvalue weighted by Crippen LogP contribution is -1.91. The van der Waals surface area contributed by atoms with E-state index < -0.39 is 5.82 Å². The predicted octanol–water partition coefficient (Wildman–Crippen LogP) is 2.45. The number of methoxy groups -OCH3 is 1. The third kappa shape index (κ3) is 1.23. The molecule has 1 aromatic heterocycles. The van der Waals surface area contributed by atoms with Crippen molar-refractivity contribution in [3.63, 3.8) is 0 Å². The van der Waals surface area contributed by atoms with E-state index in [1.54, 1.807) is 6.07 Å². The summed E-state index contributed by atoms with van der Waals surface area (Å²) in [4.78, 5) is 11.0. The van der Waals surface area contributed by atoms with Crippen LogP contribution in [0.5, 0.6) is 5.75 Å². The Morgan fingerprint density at radius 3 is 2.69 bits per heavy atom. The van der Waals surface area contributed by atoms with Crippen molar-refractivity contribution in [2.45, 2.75) is 6.92 Å². The molecule has 2 aromatic rings. The summed E-state index contributed by atoms with van der Waals surface area (Å²) in [7, 11) is 3.23. The smallest absolute Gasteiger partial charge is 0.165 e.